The molecule has 2 bridgehead atoms. The molecule has 2 atom stereocenters. The minimum atomic E-state index is -0.374. The number of carbonyl (C=O) groups excluding carboxylic acids is 3. The molecule has 236 valence electrons. The first-order chi connectivity index (χ1) is 21.7. The number of pyridine rings is 1. The average Bonchev–Trinajstić information content (AvgIpc) is 3.05. The van der Waals surface area contributed by atoms with E-state index in [-0.39, 0.29) is 35.3 Å². The summed E-state index contributed by atoms with van der Waals surface area (Å²) < 4.78 is 13.0. The van der Waals surface area contributed by atoms with Crippen LogP contribution in [0.15, 0.2) is 63.9 Å². The topological polar surface area (TPSA) is 113 Å². The van der Waals surface area contributed by atoms with E-state index >= 15 is 0 Å². The fourth-order valence-electron chi connectivity index (χ4n) is 6.62. The second-order valence-electron chi connectivity index (χ2n) is 11.6. The minimum Gasteiger partial charge on any atom is -0.497 e. The van der Waals surface area contributed by atoms with Gasteiger partial charge in [-0.3, -0.25) is 14.4 Å². The molecule has 3 aliphatic heterocycles. The van der Waals surface area contributed by atoms with Gasteiger partial charge in [0.1, 0.15) is 5.75 Å². The number of piperazine rings is 1. The van der Waals surface area contributed by atoms with Gasteiger partial charge in [0, 0.05) is 73.5 Å². The van der Waals surface area contributed by atoms with Gasteiger partial charge in [-0.2, -0.15) is 0 Å². The van der Waals surface area contributed by atoms with Gasteiger partial charge in [0.15, 0.2) is 0 Å². The summed E-state index contributed by atoms with van der Waals surface area (Å²) in [7, 11) is 1.55. The number of carbonyl (C=O) groups is 3. The highest BCUT2D eigenvalue weighted by molar-refractivity contribution is 9.10. The molecule has 1 aromatic heterocycles. The first-order valence-electron chi connectivity index (χ1n) is 15.2. The Morgan fingerprint density at radius 1 is 0.956 bits per heavy atom. The van der Waals surface area contributed by atoms with Crippen LogP contribution in [0.4, 0.5) is 16.2 Å². The highest BCUT2D eigenvalue weighted by atomic mass is 79.9. The molecule has 0 radical (unpaired) electrons. The molecule has 0 spiro atoms. The molecule has 3 aromatic rings. The largest absolute Gasteiger partial charge is 0.497 e. The van der Waals surface area contributed by atoms with Gasteiger partial charge in [-0.15, -0.1) is 0 Å². The number of halogens is 1. The molecule has 2 fully saturated rings. The average molecular weight is 679 g/mol. The maximum atomic E-state index is 13.7. The van der Waals surface area contributed by atoms with Gasteiger partial charge in [0.25, 0.3) is 17.4 Å². The van der Waals surface area contributed by atoms with Crippen LogP contribution in [0.1, 0.15) is 45.7 Å². The molecule has 11 nitrogen and oxygen atoms in total. The molecule has 0 saturated carbocycles. The number of nitrogens with zero attached hydrogens (tertiary/aromatic N) is 4. The summed E-state index contributed by atoms with van der Waals surface area (Å²) in [6, 6.07) is 16.1. The van der Waals surface area contributed by atoms with Crippen molar-refractivity contribution in [2.75, 3.05) is 63.2 Å². The lowest BCUT2D eigenvalue weighted by atomic mass is 9.83. The Morgan fingerprint density at radius 2 is 1.73 bits per heavy atom. The van der Waals surface area contributed by atoms with Crippen LogP contribution >= 0.6 is 15.9 Å². The summed E-state index contributed by atoms with van der Waals surface area (Å²) in [5.41, 5.74) is 3.23. The van der Waals surface area contributed by atoms with E-state index in [4.69, 9.17) is 9.47 Å². The number of hydrogen-bond donors (Lipinski definition) is 1. The van der Waals surface area contributed by atoms with Gasteiger partial charge in [-0.25, -0.2) is 4.79 Å². The van der Waals surface area contributed by atoms with E-state index < -0.39 is 0 Å². The van der Waals surface area contributed by atoms with Crippen molar-refractivity contribution in [3.8, 4) is 5.75 Å². The van der Waals surface area contributed by atoms with Crippen molar-refractivity contribution in [1.29, 1.82) is 0 Å². The normalized spacial score (nSPS) is 19.0. The van der Waals surface area contributed by atoms with Gasteiger partial charge in [0.05, 0.1) is 30.7 Å². The molecule has 0 unspecified atom stereocenters. The lowest BCUT2D eigenvalue weighted by molar-refractivity contribution is 0.0570. The first-order valence-corrected chi connectivity index (χ1v) is 16.0. The molecule has 45 heavy (non-hydrogen) atoms. The van der Waals surface area contributed by atoms with Crippen LogP contribution in [0.2, 0.25) is 0 Å². The van der Waals surface area contributed by atoms with E-state index in [0.717, 1.165) is 17.8 Å². The van der Waals surface area contributed by atoms with Crippen molar-refractivity contribution in [3.63, 3.8) is 0 Å². The first kappa shape index (κ1) is 30.7. The second-order valence-corrected chi connectivity index (χ2v) is 12.5. The molecule has 1 N–H and O–H groups in total. The number of rotatable bonds is 6. The van der Waals surface area contributed by atoms with Crippen LogP contribution in [0, 0.1) is 5.92 Å². The molecular formula is C33H36BrN5O6. The fourth-order valence-corrected chi connectivity index (χ4v) is 7.05. The molecule has 4 heterocycles. The van der Waals surface area contributed by atoms with Gasteiger partial charge >= 0.3 is 6.09 Å². The van der Waals surface area contributed by atoms with Crippen LogP contribution in [-0.2, 0) is 11.3 Å². The molecule has 2 aromatic carbocycles. The lowest BCUT2D eigenvalue weighted by Gasteiger charge is -2.44. The Labute approximate surface area is 269 Å². The number of methoxy groups -OCH3 is 1. The Bertz CT molecular complexity index is 1680. The summed E-state index contributed by atoms with van der Waals surface area (Å²) >= 11 is 3.48. The molecule has 2 saturated heterocycles. The van der Waals surface area contributed by atoms with Crippen molar-refractivity contribution in [2.45, 2.75) is 25.8 Å². The van der Waals surface area contributed by atoms with Gasteiger partial charge in [0.2, 0.25) is 0 Å². The number of amides is 3. The molecule has 12 heteroatoms. The lowest BCUT2D eigenvalue weighted by Crippen LogP contribution is -2.50. The van der Waals surface area contributed by atoms with Crippen molar-refractivity contribution in [2.24, 2.45) is 5.92 Å². The number of hydrogen-bond acceptors (Lipinski definition) is 7. The molecule has 3 amide bonds. The SMILES string of the molecule is CCOC(=O)N1CCN(C(=O)c2ccc(N3C[C@H]4C[C@@H](C3)c3cccc(=O)n3C4)c(NC(=O)c3cc(OC)ccc3Br)c2)CC1. The summed E-state index contributed by atoms with van der Waals surface area (Å²) in [5, 5.41) is 3.08. The van der Waals surface area contributed by atoms with Crippen molar-refractivity contribution in [3.05, 3.63) is 86.2 Å². The maximum absolute atomic E-state index is 13.7. The number of ether oxygens (including phenoxy) is 2. The van der Waals surface area contributed by atoms with E-state index in [9.17, 15) is 19.2 Å². The number of anilines is 2. The Balaban J connectivity index is 1.29. The summed E-state index contributed by atoms with van der Waals surface area (Å²) in [4.78, 5) is 57.6. The van der Waals surface area contributed by atoms with Crippen LogP contribution in [0.5, 0.6) is 5.75 Å². The summed E-state index contributed by atoms with van der Waals surface area (Å²) in [5.74, 6) is 0.465. The second kappa shape index (κ2) is 13.0. The number of nitrogens with one attached hydrogen (secondary N) is 1. The van der Waals surface area contributed by atoms with E-state index in [1.807, 2.05) is 22.8 Å². The molecular weight excluding hydrogens is 642 g/mol. The number of aromatic nitrogens is 1. The monoisotopic (exact) mass is 677 g/mol. The van der Waals surface area contributed by atoms with E-state index in [2.05, 4.69) is 26.1 Å². The molecule has 6 rings (SSSR count). The Morgan fingerprint density at radius 3 is 2.49 bits per heavy atom. The maximum Gasteiger partial charge on any atom is 0.409 e. The predicted molar refractivity (Wildman–Crippen MR) is 173 cm³/mol. The fraction of sp³-hybridized carbons (Fsp3) is 0.394. The predicted octanol–water partition coefficient (Wildman–Crippen LogP) is 4.41. The zero-order valence-corrected chi connectivity index (χ0v) is 26.9. The number of benzene rings is 2. The Hall–Kier alpha value is -4.32. The highest BCUT2D eigenvalue weighted by Crippen LogP contribution is 2.39. The smallest absolute Gasteiger partial charge is 0.409 e. The van der Waals surface area contributed by atoms with Crippen LogP contribution in [-0.4, -0.2) is 85.3 Å². The summed E-state index contributed by atoms with van der Waals surface area (Å²) in [6.45, 7) is 5.64. The molecule has 3 aliphatic rings. The van der Waals surface area contributed by atoms with E-state index in [0.29, 0.717) is 79.5 Å². The third kappa shape index (κ3) is 6.28. The standard InChI is InChI=1S/C33H36BrN5O6/c1-3-45-33(43)37-13-11-36(12-14-37)32(42)22-7-10-29(27(16-22)35-31(41)25-17-24(44-2)8-9-26(25)34)38-18-21-15-23(20-38)28-5-4-6-30(40)39(28)19-21/h4-10,16-17,21,23H,3,11-15,18-20H2,1-2H3,(H,35,41)/t21-,23+/m1/s1. The Kier molecular flexibility index (Phi) is 8.84. The number of fused-ring (bicyclic) bond motifs is 4. The third-order valence-corrected chi connectivity index (χ3v) is 9.51. The van der Waals surface area contributed by atoms with Crippen molar-refractivity contribution >= 4 is 45.2 Å². The van der Waals surface area contributed by atoms with Gasteiger partial charge < -0.3 is 34.1 Å². The summed E-state index contributed by atoms with van der Waals surface area (Å²) in [6.07, 6.45) is 0.619. The number of piperidine rings is 1. The van der Waals surface area contributed by atoms with Crippen LogP contribution < -0.4 is 20.5 Å². The molecule has 0 aliphatic carbocycles. The van der Waals surface area contributed by atoms with Crippen molar-refractivity contribution in [1.82, 2.24) is 14.4 Å². The van der Waals surface area contributed by atoms with Gasteiger partial charge in [-0.1, -0.05) is 6.07 Å². The zero-order valence-electron chi connectivity index (χ0n) is 25.3. The van der Waals surface area contributed by atoms with E-state index in [1.165, 1.54) is 0 Å². The van der Waals surface area contributed by atoms with Crippen LogP contribution in [0.3, 0.4) is 0 Å². The van der Waals surface area contributed by atoms with Gasteiger partial charge in [-0.05, 0) is 77.7 Å². The van der Waals surface area contributed by atoms with E-state index in [1.54, 1.807) is 60.2 Å². The van der Waals surface area contributed by atoms with Crippen LogP contribution in [0.25, 0.3) is 0 Å². The quantitative estimate of drug-likeness (QED) is 0.411. The third-order valence-electron chi connectivity index (χ3n) is 8.82. The minimum absolute atomic E-state index is 0.0263. The van der Waals surface area contributed by atoms with Crippen molar-refractivity contribution < 1.29 is 23.9 Å². The zero-order chi connectivity index (χ0) is 31.7. The highest BCUT2D eigenvalue weighted by Gasteiger charge is 2.36.